The fourth-order valence-electron chi connectivity index (χ4n) is 3.91. The lowest BCUT2D eigenvalue weighted by Gasteiger charge is -2.30. The summed E-state index contributed by atoms with van der Waals surface area (Å²) in [6.07, 6.45) is 5.68. The van der Waals surface area contributed by atoms with Gasteiger partial charge in [-0.05, 0) is 38.0 Å². The molecule has 2 aromatic heterocycles. The van der Waals surface area contributed by atoms with E-state index in [-0.39, 0.29) is 23.1 Å². The van der Waals surface area contributed by atoms with Crippen LogP contribution in [0.2, 0.25) is 0 Å². The first-order chi connectivity index (χ1) is 15.5. The van der Waals surface area contributed by atoms with E-state index in [0.717, 1.165) is 69.6 Å². The van der Waals surface area contributed by atoms with Gasteiger partial charge < -0.3 is 18.6 Å². The number of piperidine rings is 1. The summed E-state index contributed by atoms with van der Waals surface area (Å²) >= 11 is 0. The third kappa shape index (κ3) is 5.23. The largest absolute Gasteiger partial charge is 0.493 e. The second-order valence-electron chi connectivity index (χ2n) is 8.05. The van der Waals surface area contributed by atoms with Crippen molar-refractivity contribution in [2.24, 2.45) is 5.92 Å². The maximum absolute atomic E-state index is 14.4. The van der Waals surface area contributed by atoms with Crippen molar-refractivity contribution in [3.05, 3.63) is 35.5 Å². The van der Waals surface area contributed by atoms with E-state index in [0.29, 0.717) is 18.5 Å². The van der Waals surface area contributed by atoms with Crippen molar-refractivity contribution >= 4 is 6.01 Å². The molecule has 1 saturated heterocycles. The van der Waals surface area contributed by atoms with E-state index in [1.54, 1.807) is 6.92 Å². The molecule has 0 bridgehead atoms. The van der Waals surface area contributed by atoms with E-state index in [1.807, 2.05) is 0 Å². The Bertz CT molecular complexity index is 1010. The van der Waals surface area contributed by atoms with Crippen molar-refractivity contribution in [3.63, 3.8) is 0 Å². The van der Waals surface area contributed by atoms with Crippen molar-refractivity contribution in [2.75, 3.05) is 24.6 Å². The molecule has 0 aliphatic carbocycles. The van der Waals surface area contributed by atoms with Crippen LogP contribution in [0.1, 0.15) is 50.7 Å². The normalized spacial score (nSPS) is 14.8. The summed E-state index contributed by atoms with van der Waals surface area (Å²) in [6, 6.07) is 2.90. The second kappa shape index (κ2) is 10.1. The van der Waals surface area contributed by atoms with E-state index in [1.165, 1.54) is 0 Å². The molecule has 0 N–H and O–H groups in total. The van der Waals surface area contributed by atoms with Crippen LogP contribution in [-0.2, 0) is 6.42 Å². The molecule has 1 aliphatic heterocycles. The summed E-state index contributed by atoms with van der Waals surface area (Å²) in [6.45, 7) is 5.80. The summed E-state index contributed by atoms with van der Waals surface area (Å²) < 4.78 is 44.8. The monoisotopic (exact) mass is 447 g/mol. The molecule has 32 heavy (non-hydrogen) atoms. The summed E-state index contributed by atoms with van der Waals surface area (Å²) in [5, 5.41) is 11.3. The standard InChI is InChI=1S/C22H27F2N5O3/c1-3-5-19-25-22(32-28-19)29-9-7-15(8-10-29)6-4-11-30-16-12-17(23)20(18(24)13-16)21-27-26-14(2)31-21/h12-13,15H,3-11H2,1-2H3. The SMILES string of the molecule is CCCc1noc(N2CCC(CCCOc3cc(F)c(-c4nnc(C)o4)c(F)c3)CC2)n1. The highest BCUT2D eigenvalue weighted by Crippen LogP contribution is 2.29. The van der Waals surface area contributed by atoms with Gasteiger partial charge in [-0.3, -0.25) is 0 Å². The van der Waals surface area contributed by atoms with Crippen LogP contribution in [-0.4, -0.2) is 40.0 Å². The third-order valence-corrected chi connectivity index (χ3v) is 5.60. The minimum Gasteiger partial charge on any atom is -0.493 e. The Morgan fingerprint density at radius 3 is 2.56 bits per heavy atom. The summed E-state index contributed by atoms with van der Waals surface area (Å²) in [5.74, 6) is -0.0486. The zero-order valence-electron chi connectivity index (χ0n) is 18.3. The van der Waals surface area contributed by atoms with Crippen LogP contribution in [0.5, 0.6) is 5.75 Å². The number of hydrogen-bond acceptors (Lipinski definition) is 8. The molecule has 0 amide bonds. The molecule has 1 aromatic carbocycles. The van der Waals surface area contributed by atoms with Gasteiger partial charge in [-0.2, -0.15) is 4.98 Å². The summed E-state index contributed by atoms with van der Waals surface area (Å²) in [4.78, 5) is 6.59. The lowest BCUT2D eigenvalue weighted by Crippen LogP contribution is -2.34. The van der Waals surface area contributed by atoms with Gasteiger partial charge in [0.25, 0.3) is 5.89 Å². The van der Waals surface area contributed by atoms with E-state index < -0.39 is 11.6 Å². The molecule has 0 atom stereocenters. The number of benzene rings is 1. The Morgan fingerprint density at radius 1 is 1.16 bits per heavy atom. The maximum atomic E-state index is 14.4. The number of ether oxygens (including phenoxy) is 1. The van der Waals surface area contributed by atoms with Gasteiger partial charge in [0.15, 0.2) is 5.82 Å². The predicted molar refractivity (Wildman–Crippen MR) is 112 cm³/mol. The zero-order chi connectivity index (χ0) is 22.5. The minimum absolute atomic E-state index is 0.147. The van der Waals surface area contributed by atoms with Gasteiger partial charge in [-0.25, -0.2) is 8.78 Å². The van der Waals surface area contributed by atoms with E-state index in [9.17, 15) is 8.78 Å². The van der Waals surface area contributed by atoms with Gasteiger partial charge in [0.05, 0.1) is 6.61 Å². The average molecular weight is 447 g/mol. The van der Waals surface area contributed by atoms with Crippen LogP contribution in [0.25, 0.3) is 11.5 Å². The molecule has 1 fully saturated rings. The lowest BCUT2D eigenvalue weighted by molar-refractivity contribution is 0.274. The molecule has 0 spiro atoms. The number of rotatable bonds is 9. The molecule has 0 saturated carbocycles. The van der Waals surface area contributed by atoms with Crippen LogP contribution in [0, 0.1) is 24.5 Å². The number of anilines is 1. The molecule has 10 heteroatoms. The van der Waals surface area contributed by atoms with Crippen LogP contribution in [0.4, 0.5) is 14.8 Å². The number of aromatic nitrogens is 4. The molecule has 1 aliphatic rings. The van der Waals surface area contributed by atoms with Crippen molar-refractivity contribution in [3.8, 4) is 17.2 Å². The molecule has 3 aromatic rings. The molecule has 8 nitrogen and oxygen atoms in total. The van der Waals surface area contributed by atoms with Gasteiger partial charge >= 0.3 is 6.01 Å². The molecule has 172 valence electrons. The summed E-state index contributed by atoms with van der Waals surface area (Å²) in [5.41, 5.74) is -0.340. The van der Waals surface area contributed by atoms with Crippen LogP contribution >= 0.6 is 0 Å². The number of hydrogen-bond donors (Lipinski definition) is 0. The quantitative estimate of drug-likeness (QED) is 0.435. The van der Waals surface area contributed by atoms with Crippen LogP contribution < -0.4 is 9.64 Å². The first-order valence-corrected chi connectivity index (χ1v) is 11.0. The van der Waals surface area contributed by atoms with Crippen molar-refractivity contribution in [1.82, 2.24) is 20.3 Å². The minimum atomic E-state index is -0.792. The van der Waals surface area contributed by atoms with Gasteiger partial charge in [0, 0.05) is 38.6 Å². The smallest absolute Gasteiger partial charge is 0.324 e. The Morgan fingerprint density at radius 2 is 1.91 bits per heavy atom. The maximum Gasteiger partial charge on any atom is 0.324 e. The van der Waals surface area contributed by atoms with Gasteiger partial charge in [-0.1, -0.05) is 12.1 Å². The number of aryl methyl sites for hydroxylation is 2. The molecule has 0 unspecified atom stereocenters. The Hall–Kier alpha value is -3.04. The zero-order valence-corrected chi connectivity index (χ0v) is 18.3. The molecule has 4 rings (SSSR count). The predicted octanol–water partition coefficient (Wildman–Crippen LogP) is 4.73. The third-order valence-electron chi connectivity index (χ3n) is 5.60. The molecular formula is C22H27F2N5O3. The Labute approximate surface area is 185 Å². The van der Waals surface area contributed by atoms with Gasteiger partial charge in [0.2, 0.25) is 5.89 Å². The fourth-order valence-corrected chi connectivity index (χ4v) is 3.91. The average Bonchev–Trinajstić information content (AvgIpc) is 3.41. The van der Waals surface area contributed by atoms with E-state index in [2.05, 4.69) is 32.2 Å². The Kier molecular flexibility index (Phi) is 6.96. The van der Waals surface area contributed by atoms with Crippen molar-refractivity contribution in [2.45, 2.75) is 52.4 Å². The van der Waals surface area contributed by atoms with Crippen molar-refractivity contribution in [1.29, 1.82) is 0 Å². The van der Waals surface area contributed by atoms with Crippen LogP contribution in [0.3, 0.4) is 0 Å². The highest BCUT2D eigenvalue weighted by Gasteiger charge is 2.23. The number of halogens is 2. The molecular weight excluding hydrogens is 420 g/mol. The number of nitrogens with zero attached hydrogens (tertiary/aromatic N) is 5. The summed E-state index contributed by atoms with van der Waals surface area (Å²) in [7, 11) is 0. The fraction of sp³-hybridized carbons (Fsp3) is 0.545. The molecule has 3 heterocycles. The van der Waals surface area contributed by atoms with Crippen molar-refractivity contribution < 1.29 is 22.5 Å². The van der Waals surface area contributed by atoms with Crippen LogP contribution in [0.15, 0.2) is 21.1 Å². The topological polar surface area (TPSA) is 90.3 Å². The van der Waals surface area contributed by atoms with E-state index in [4.69, 9.17) is 13.7 Å². The van der Waals surface area contributed by atoms with Gasteiger partial charge in [-0.15, -0.1) is 10.2 Å². The first-order valence-electron chi connectivity index (χ1n) is 11.0. The first kappa shape index (κ1) is 22.2. The molecule has 0 radical (unpaired) electrons. The second-order valence-corrected chi connectivity index (χ2v) is 8.05. The highest BCUT2D eigenvalue weighted by atomic mass is 19.1. The van der Waals surface area contributed by atoms with Gasteiger partial charge in [0.1, 0.15) is 22.9 Å². The highest BCUT2D eigenvalue weighted by molar-refractivity contribution is 5.56. The Balaban J connectivity index is 1.21. The lowest BCUT2D eigenvalue weighted by atomic mass is 9.92. The van der Waals surface area contributed by atoms with E-state index >= 15 is 0 Å².